The fourth-order valence-corrected chi connectivity index (χ4v) is 5.76. The van der Waals surface area contributed by atoms with E-state index in [2.05, 4.69) is 20.4 Å². The molecule has 2 saturated carbocycles. The molecule has 0 saturated heterocycles. The van der Waals surface area contributed by atoms with E-state index < -0.39 is 24.1 Å². The van der Waals surface area contributed by atoms with Crippen LogP contribution in [-0.2, 0) is 4.79 Å². The predicted octanol–water partition coefficient (Wildman–Crippen LogP) is 3.15. The third-order valence-electron chi connectivity index (χ3n) is 7.16. The molecule has 0 aromatic rings. The summed E-state index contributed by atoms with van der Waals surface area (Å²) in [4.78, 5) is 11.8. The third kappa shape index (κ3) is 2.55. The Kier molecular flexibility index (Phi) is 4.65. The molecule has 0 aliphatic heterocycles. The summed E-state index contributed by atoms with van der Waals surface area (Å²) in [5, 5.41) is 30.2. The van der Waals surface area contributed by atoms with Crippen LogP contribution in [0, 0.1) is 29.6 Å². The second kappa shape index (κ2) is 6.30. The minimum atomic E-state index is -2.05. The Morgan fingerprint density at radius 3 is 2.58 bits per heavy atom. The lowest BCUT2D eigenvalue weighted by molar-refractivity contribution is -0.180. The molecule has 0 aromatic heterocycles. The summed E-state index contributed by atoms with van der Waals surface area (Å²) in [7, 11) is 0. The van der Waals surface area contributed by atoms with Gasteiger partial charge in [-0.05, 0) is 56.8 Å². The number of carboxylic acid groups (broad SMARTS) is 1. The lowest BCUT2D eigenvalue weighted by Gasteiger charge is -2.49. The minimum Gasteiger partial charge on any atom is -0.479 e. The molecule has 4 heteroatoms. The highest BCUT2D eigenvalue weighted by atomic mass is 16.4. The van der Waals surface area contributed by atoms with Crippen molar-refractivity contribution in [3.8, 4) is 0 Å². The van der Waals surface area contributed by atoms with Gasteiger partial charge in [-0.2, -0.15) is 0 Å². The van der Waals surface area contributed by atoms with E-state index in [9.17, 15) is 20.1 Å². The fourth-order valence-electron chi connectivity index (χ4n) is 5.76. The molecule has 3 N–H and O–H groups in total. The molecule has 0 spiro atoms. The van der Waals surface area contributed by atoms with Gasteiger partial charge in [-0.3, -0.25) is 0 Å². The number of fused-ring (bicyclic) bond motifs is 3. The standard InChI is InChI=1S/C20H30O4/c1-11-4-7-15-12(2)6-9-16(20(24,10-21)19(22)23)18(15)17-13(3)5-8-14(11)17/h12,15-18,21,24H,3-10H2,1-2H3,(H,22,23)/t12-,15+,16+,17-,18+,20+/m0/s1. The Morgan fingerprint density at radius 1 is 1.25 bits per heavy atom. The first kappa shape index (κ1) is 17.7. The summed E-state index contributed by atoms with van der Waals surface area (Å²) in [6.45, 7) is 8.03. The maximum absolute atomic E-state index is 11.8. The molecule has 3 aliphatic rings. The number of aliphatic carboxylic acids is 1. The van der Waals surface area contributed by atoms with Crippen LogP contribution in [0.5, 0.6) is 0 Å². The molecule has 6 atom stereocenters. The average molecular weight is 334 g/mol. The van der Waals surface area contributed by atoms with Gasteiger partial charge in [0.2, 0.25) is 0 Å². The molecule has 0 radical (unpaired) electrons. The van der Waals surface area contributed by atoms with Crippen LogP contribution in [0.25, 0.3) is 0 Å². The summed E-state index contributed by atoms with van der Waals surface area (Å²) < 4.78 is 0. The van der Waals surface area contributed by atoms with E-state index in [1.807, 2.05) is 0 Å². The molecule has 3 rings (SSSR count). The van der Waals surface area contributed by atoms with Gasteiger partial charge in [-0.25, -0.2) is 4.79 Å². The Bertz CT molecular complexity index is 578. The van der Waals surface area contributed by atoms with Crippen LogP contribution in [0.4, 0.5) is 0 Å². The molecule has 24 heavy (non-hydrogen) atoms. The van der Waals surface area contributed by atoms with Crippen molar-refractivity contribution in [1.82, 2.24) is 0 Å². The largest absolute Gasteiger partial charge is 0.479 e. The lowest BCUT2D eigenvalue weighted by atomic mass is 9.57. The van der Waals surface area contributed by atoms with Gasteiger partial charge in [0.05, 0.1) is 6.61 Å². The van der Waals surface area contributed by atoms with Crippen LogP contribution in [0.1, 0.15) is 52.4 Å². The molecule has 0 heterocycles. The van der Waals surface area contributed by atoms with E-state index >= 15 is 0 Å². The zero-order valence-electron chi connectivity index (χ0n) is 14.8. The van der Waals surface area contributed by atoms with E-state index in [4.69, 9.17) is 0 Å². The van der Waals surface area contributed by atoms with Crippen LogP contribution in [-0.4, -0.2) is 33.5 Å². The molecule has 0 aromatic carbocycles. The third-order valence-corrected chi connectivity index (χ3v) is 7.16. The molecule has 0 bridgehead atoms. The summed E-state index contributed by atoms with van der Waals surface area (Å²) in [5.74, 6) is -0.551. The molecule has 0 amide bonds. The second-order valence-corrected chi connectivity index (χ2v) is 8.27. The normalized spacial score (nSPS) is 39.0. The molecule has 3 aliphatic carbocycles. The second-order valence-electron chi connectivity index (χ2n) is 8.27. The molecular weight excluding hydrogens is 304 g/mol. The van der Waals surface area contributed by atoms with Gasteiger partial charge in [0, 0.05) is 11.8 Å². The Morgan fingerprint density at radius 2 is 1.96 bits per heavy atom. The minimum absolute atomic E-state index is 0.0736. The van der Waals surface area contributed by atoms with Crippen molar-refractivity contribution in [3.63, 3.8) is 0 Å². The molecule has 0 unspecified atom stereocenters. The number of hydrogen-bond donors (Lipinski definition) is 3. The number of allylic oxidation sites excluding steroid dienone is 3. The fraction of sp³-hybridized carbons (Fsp3) is 0.750. The maximum Gasteiger partial charge on any atom is 0.338 e. The van der Waals surface area contributed by atoms with Crippen molar-refractivity contribution in [3.05, 3.63) is 23.3 Å². The van der Waals surface area contributed by atoms with Gasteiger partial charge < -0.3 is 15.3 Å². The van der Waals surface area contributed by atoms with E-state index in [-0.39, 0.29) is 11.8 Å². The Labute approximate surface area is 144 Å². The zero-order chi connectivity index (χ0) is 17.6. The van der Waals surface area contributed by atoms with Crippen LogP contribution >= 0.6 is 0 Å². The van der Waals surface area contributed by atoms with E-state index in [1.54, 1.807) is 0 Å². The summed E-state index contributed by atoms with van der Waals surface area (Å²) in [6, 6.07) is 0. The van der Waals surface area contributed by atoms with Crippen molar-refractivity contribution in [1.29, 1.82) is 0 Å². The molecule has 2 fully saturated rings. The molecule has 4 nitrogen and oxygen atoms in total. The highest BCUT2D eigenvalue weighted by Gasteiger charge is 2.55. The number of aliphatic hydroxyl groups is 2. The van der Waals surface area contributed by atoms with Crippen LogP contribution < -0.4 is 0 Å². The highest BCUT2D eigenvalue weighted by Crippen LogP contribution is 2.57. The van der Waals surface area contributed by atoms with Gasteiger partial charge in [-0.15, -0.1) is 0 Å². The van der Waals surface area contributed by atoms with Crippen molar-refractivity contribution in [2.24, 2.45) is 29.6 Å². The first-order chi connectivity index (χ1) is 11.3. The quantitative estimate of drug-likeness (QED) is 0.693. The Balaban J connectivity index is 2.09. The topological polar surface area (TPSA) is 77.8 Å². The first-order valence-corrected chi connectivity index (χ1v) is 9.24. The number of carbonyl (C=O) groups is 1. The van der Waals surface area contributed by atoms with Crippen molar-refractivity contribution in [2.45, 2.75) is 58.0 Å². The lowest BCUT2D eigenvalue weighted by Crippen LogP contribution is -2.56. The van der Waals surface area contributed by atoms with E-state index in [0.29, 0.717) is 18.3 Å². The monoisotopic (exact) mass is 334 g/mol. The van der Waals surface area contributed by atoms with Gasteiger partial charge in [0.15, 0.2) is 5.60 Å². The van der Waals surface area contributed by atoms with Crippen molar-refractivity contribution >= 4 is 5.97 Å². The predicted molar refractivity (Wildman–Crippen MR) is 92.3 cm³/mol. The van der Waals surface area contributed by atoms with Crippen LogP contribution in [0.15, 0.2) is 23.3 Å². The zero-order valence-corrected chi connectivity index (χ0v) is 14.8. The smallest absolute Gasteiger partial charge is 0.338 e. The van der Waals surface area contributed by atoms with Crippen molar-refractivity contribution in [2.75, 3.05) is 6.61 Å². The van der Waals surface area contributed by atoms with Gasteiger partial charge in [0.1, 0.15) is 0 Å². The van der Waals surface area contributed by atoms with E-state index in [0.717, 1.165) is 32.1 Å². The summed E-state index contributed by atoms with van der Waals surface area (Å²) in [5.41, 5.74) is 2.00. The van der Waals surface area contributed by atoms with Crippen LogP contribution in [0.2, 0.25) is 0 Å². The van der Waals surface area contributed by atoms with Crippen LogP contribution in [0.3, 0.4) is 0 Å². The number of aliphatic hydroxyl groups excluding tert-OH is 1. The molecular formula is C20H30O4. The number of rotatable bonds is 3. The van der Waals surface area contributed by atoms with Crippen molar-refractivity contribution < 1.29 is 20.1 Å². The Hall–Kier alpha value is -1.13. The van der Waals surface area contributed by atoms with E-state index in [1.165, 1.54) is 16.7 Å². The average Bonchev–Trinajstić information content (AvgIpc) is 2.86. The summed E-state index contributed by atoms with van der Waals surface area (Å²) in [6.07, 6.45) is 5.65. The maximum atomic E-state index is 11.8. The summed E-state index contributed by atoms with van der Waals surface area (Å²) >= 11 is 0. The first-order valence-electron chi connectivity index (χ1n) is 9.24. The number of carboxylic acids is 1. The van der Waals surface area contributed by atoms with Gasteiger partial charge in [-0.1, -0.05) is 36.6 Å². The van der Waals surface area contributed by atoms with Gasteiger partial charge >= 0.3 is 5.97 Å². The molecule has 134 valence electrons. The SMILES string of the molecule is C=C1CCC2=C(C)CC[C@H]3[C@@H]([C@@H]12)[C@H]([C@](O)(CO)C(=O)O)CC[C@@H]3C. The highest BCUT2D eigenvalue weighted by molar-refractivity contribution is 5.78. The number of hydrogen-bond acceptors (Lipinski definition) is 3. The van der Waals surface area contributed by atoms with Gasteiger partial charge in [0.25, 0.3) is 0 Å².